The monoisotopic (exact) mass is 244 g/mol. The molecule has 0 unspecified atom stereocenters. The molecule has 0 saturated heterocycles. The summed E-state index contributed by atoms with van der Waals surface area (Å²) < 4.78 is 0. The normalized spacial score (nSPS) is 10.1. The van der Waals surface area contributed by atoms with Gasteiger partial charge < -0.3 is 10.0 Å². The lowest BCUT2D eigenvalue weighted by Gasteiger charge is -2.16. The number of pyridine rings is 1. The van der Waals surface area contributed by atoms with Crippen molar-refractivity contribution in [1.82, 2.24) is 15.2 Å². The largest absolute Gasteiger partial charge is 0.476 e. The van der Waals surface area contributed by atoms with Crippen molar-refractivity contribution in [3.8, 4) is 0 Å². The predicted molar refractivity (Wildman–Crippen MR) is 65.3 cm³/mol. The highest BCUT2D eigenvalue weighted by Gasteiger charge is 2.08. The number of rotatable bonds is 4. The maximum absolute atomic E-state index is 10.6. The molecule has 0 aliphatic rings. The van der Waals surface area contributed by atoms with Crippen LogP contribution in [0.4, 0.5) is 5.82 Å². The van der Waals surface area contributed by atoms with Gasteiger partial charge in [-0.3, -0.25) is 4.98 Å². The fourth-order valence-corrected chi connectivity index (χ4v) is 1.46. The van der Waals surface area contributed by atoms with Crippen molar-refractivity contribution in [3.63, 3.8) is 0 Å². The molecule has 0 bridgehead atoms. The molecule has 2 aromatic rings. The molecule has 0 atom stereocenters. The molecule has 1 N–H and O–H groups in total. The zero-order chi connectivity index (χ0) is 13.0. The fraction of sp³-hybridized carbons (Fsp3) is 0.167. The van der Waals surface area contributed by atoms with Crippen molar-refractivity contribution in [2.45, 2.75) is 6.54 Å². The second-order valence-electron chi connectivity index (χ2n) is 3.76. The summed E-state index contributed by atoms with van der Waals surface area (Å²) in [7, 11) is 1.85. The first kappa shape index (κ1) is 12.0. The van der Waals surface area contributed by atoms with Crippen LogP contribution < -0.4 is 4.90 Å². The molecule has 0 fully saturated rings. The molecule has 0 aliphatic heterocycles. The van der Waals surface area contributed by atoms with Crippen LogP contribution >= 0.6 is 0 Å². The van der Waals surface area contributed by atoms with Crippen molar-refractivity contribution in [2.75, 3.05) is 11.9 Å². The Morgan fingerprint density at radius 1 is 1.28 bits per heavy atom. The second kappa shape index (κ2) is 5.22. The molecule has 0 radical (unpaired) electrons. The lowest BCUT2D eigenvalue weighted by atomic mass is 10.3. The number of anilines is 1. The summed E-state index contributed by atoms with van der Waals surface area (Å²) in [6.45, 7) is 0.585. The fourth-order valence-electron chi connectivity index (χ4n) is 1.46. The number of nitrogens with zero attached hydrogens (tertiary/aromatic N) is 4. The minimum Gasteiger partial charge on any atom is -0.476 e. The van der Waals surface area contributed by atoms with Gasteiger partial charge in [0.15, 0.2) is 11.5 Å². The summed E-state index contributed by atoms with van der Waals surface area (Å²) in [6, 6.07) is 8.73. The van der Waals surface area contributed by atoms with E-state index in [1.807, 2.05) is 30.1 Å². The molecule has 2 heterocycles. The summed E-state index contributed by atoms with van der Waals surface area (Å²) in [6.07, 6.45) is 1.72. The van der Waals surface area contributed by atoms with Gasteiger partial charge in [0.25, 0.3) is 0 Å². The highest BCUT2D eigenvalue weighted by Crippen LogP contribution is 2.10. The quantitative estimate of drug-likeness (QED) is 0.870. The van der Waals surface area contributed by atoms with Crippen LogP contribution in [0.1, 0.15) is 16.2 Å². The first-order valence-corrected chi connectivity index (χ1v) is 5.35. The Bertz CT molecular complexity index is 528. The Morgan fingerprint density at radius 2 is 2.11 bits per heavy atom. The van der Waals surface area contributed by atoms with Gasteiger partial charge in [0.1, 0.15) is 0 Å². The SMILES string of the molecule is CN(Cc1ccccn1)c1ccc(C(=O)O)nn1. The number of carboxylic acid groups (broad SMARTS) is 1. The van der Waals surface area contributed by atoms with Gasteiger partial charge >= 0.3 is 5.97 Å². The van der Waals surface area contributed by atoms with Crippen molar-refractivity contribution in [3.05, 3.63) is 47.9 Å². The Kier molecular flexibility index (Phi) is 3.47. The van der Waals surface area contributed by atoms with Crippen LogP contribution in [0.5, 0.6) is 0 Å². The average Bonchev–Trinajstić information content (AvgIpc) is 2.40. The first-order chi connectivity index (χ1) is 8.66. The maximum atomic E-state index is 10.6. The van der Waals surface area contributed by atoms with E-state index in [2.05, 4.69) is 15.2 Å². The van der Waals surface area contributed by atoms with Crippen LogP contribution in [0.3, 0.4) is 0 Å². The molecular weight excluding hydrogens is 232 g/mol. The number of aromatic nitrogens is 3. The maximum Gasteiger partial charge on any atom is 0.356 e. The van der Waals surface area contributed by atoms with Crippen LogP contribution in [0.2, 0.25) is 0 Å². The molecule has 0 aliphatic carbocycles. The first-order valence-electron chi connectivity index (χ1n) is 5.35. The second-order valence-corrected chi connectivity index (χ2v) is 3.76. The molecular formula is C12H12N4O2. The van der Waals surface area contributed by atoms with E-state index >= 15 is 0 Å². The lowest BCUT2D eigenvalue weighted by Crippen LogP contribution is -2.19. The lowest BCUT2D eigenvalue weighted by molar-refractivity contribution is 0.0689. The summed E-state index contributed by atoms with van der Waals surface area (Å²) in [5.74, 6) is -0.480. The number of hydrogen-bond acceptors (Lipinski definition) is 5. The number of carboxylic acids is 1. The Balaban J connectivity index is 2.09. The Labute approximate surface area is 104 Å². The average molecular weight is 244 g/mol. The van der Waals surface area contributed by atoms with E-state index in [-0.39, 0.29) is 5.69 Å². The minimum atomic E-state index is -1.08. The number of aromatic carboxylic acids is 1. The molecule has 92 valence electrons. The van der Waals surface area contributed by atoms with Crippen molar-refractivity contribution < 1.29 is 9.90 Å². The molecule has 0 spiro atoms. The third-order valence-electron chi connectivity index (χ3n) is 2.39. The van der Waals surface area contributed by atoms with Gasteiger partial charge in [-0.15, -0.1) is 10.2 Å². The number of hydrogen-bond donors (Lipinski definition) is 1. The van der Waals surface area contributed by atoms with E-state index in [0.29, 0.717) is 12.4 Å². The molecule has 2 rings (SSSR count). The van der Waals surface area contributed by atoms with Gasteiger partial charge in [-0.2, -0.15) is 0 Å². The summed E-state index contributed by atoms with van der Waals surface area (Å²) in [5, 5.41) is 16.2. The molecule has 0 saturated carbocycles. The van der Waals surface area contributed by atoms with Crippen molar-refractivity contribution in [2.24, 2.45) is 0 Å². The topological polar surface area (TPSA) is 79.2 Å². The van der Waals surface area contributed by atoms with Gasteiger partial charge in [-0.25, -0.2) is 4.79 Å². The van der Waals surface area contributed by atoms with Gasteiger partial charge in [0, 0.05) is 13.2 Å². The van der Waals surface area contributed by atoms with Gasteiger partial charge in [0.05, 0.1) is 12.2 Å². The van der Waals surface area contributed by atoms with E-state index in [9.17, 15) is 4.79 Å². The molecule has 6 heteroatoms. The zero-order valence-corrected chi connectivity index (χ0v) is 9.82. The van der Waals surface area contributed by atoms with E-state index in [1.165, 1.54) is 6.07 Å². The van der Waals surface area contributed by atoms with Crippen LogP contribution in [-0.4, -0.2) is 33.3 Å². The Morgan fingerprint density at radius 3 is 2.67 bits per heavy atom. The standard InChI is InChI=1S/C12H12N4O2/c1-16(8-9-4-2-3-7-13-9)11-6-5-10(12(17)18)14-15-11/h2-7H,8H2,1H3,(H,17,18). The number of carbonyl (C=O) groups is 1. The van der Waals surface area contributed by atoms with Crippen molar-refractivity contribution >= 4 is 11.8 Å². The van der Waals surface area contributed by atoms with E-state index in [4.69, 9.17) is 5.11 Å². The van der Waals surface area contributed by atoms with Crippen LogP contribution in [0, 0.1) is 0 Å². The van der Waals surface area contributed by atoms with E-state index in [1.54, 1.807) is 12.3 Å². The third kappa shape index (κ3) is 2.79. The summed E-state index contributed by atoms with van der Waals surface area (Å²) in [4.78, 5) is 16.7. The van der Waals surface area contributed by atoms with Gasteiger partial charge in [-0.05, 0) is 24.3 Å². The predicted octanol–water partition coefficient (Wildman–Crippen LogP) is 1.21. The Hall–Kier alpha value is -2.50. The van der Waals surface area contributed by atoms with E-state index < -0.39 is 5.97 Å². The molecule has 2 aromatic heterocycles. The van der Waals surface area contributed by atoms with Crippen molar-refractivity contribution in [1.29, 1.82) is 0 Å². The molecule has 0 amide bonds. The highest BCUT2D eigenvalue weighted by molar-refractivity contribution is 5.85. The van der Waals surface area contributed by atoms with Crippen LogP contribution in [0.15, 0.2) is 36.5 Å². The third-order valence-corrected chi connectivity index (χ3v) is 2.39. The molecule has 0 aromatic carbocycles. The van der Waals surface area contributed by atoms with Gasteiger partial charge in [0.2, 0.25) is 0 Å². The summed E-state index contributed by atoms with van der Waals surface area (Å²) >= 11 is 0. The summed E-state index contributed by atoms with van der Waals surface area (Å²) in [5.41, 5.74) is 0.842. The minimum absolute atomic E-state index is 0.0648. The molecule has 18 heavy (non-hydrogen) atoms. The van der Waals surface area contributed by atoms with Crippen LogP contribution in [0.25, 0.3) is 0 Å². The van der Waals surface area contributed by atoms with Gasteiger partial charge in [-0.1, -0.05) is 6.07 Å². The smallest absolute Gasteiger partial charge is 0.356 e. The highest BCUT2D eigenvalue weighted by atomic mass is 16.4. The van der Waals surface area contributed by atoms with Crippen LogP contribution in [-0.2, 0) is 6.54 Å². The zero-order valence-electron chi connectivity index (χ0n) is 9.82. The van der Waals surface area contributed by atoms with E-state index in [0.717, 1.165) is 5.69 Å². The molecule has 6 nitrogen and oxygen atoms in total.